The maximum atomic E-state index is 11.8. The maximum Gasteiger partial charge on any atom is 0.344 e. The Morgan fingerprint density at radius 1 is 1.04 bits per heavy atom. The molecule has 0 heterocycles. The Morgan fingerprint density at radius 3 is 2.35 bits per heavy atom. The second-order valence-corrected chi connectivity index (χ2v) is 6.50. The number of benzene rings is 2. The van der Waals surface area contributed by atoms with Gasteiger partial charge in [0.1, 0.15) is 5.75 Å². The average molecular weight is 376 g/mol. The fraction of sp³-hybridized carbons (Fsp3) is 0.300. The average Bonchev–Trinajstić information content (AvgIpc) is 2.60. The largest absolute Gasteiger partial charge is 0.480 e. The van der Waals surface area contributed by atoms with Crippen LogP contribution in [0.3, 0.4) is 0 Å². The maximum absolute atomic E-state index is 11.8. The van der Waals surface area contributed by atoms with E-state index in [2.05, 4.69) is 5.32 Å². The number of esters is 1. The van der Waals surface area contributed by atoms with E-state index in [1.165, 1.54) is 6.92 Å². The molecule has 6 heteroatoms. The van der Waals surface area contributed by atoms with Crippen LogP contribution in [0.2, 0.25) is 5.02 Å². The van der Waals surface area contributed by atoms with Gasteiger partial charge < -0.3 is 14.8 Å². The number of carbonyl (C=O) groups is 2. The molecule has 5 nitrogen and oxygen atoms in total. The van der Waals surface area contributed by atoms with Gasteiger partial charge >= 0.3 is 5.97 Å². The van der Waals surface area contributed by atoms with E-state index in [4.69, 9.17) is 21.1 Å². The van der Waals surface area contributed by atoms with Gasteiger partial charge in [-0.1, -0.05) is 48.0 Å². The third-order valence-corrected chi connectivity index (χ3v) is 3.79. The van der Waals surface area contributed by atoms with Gasteiger partial charge in [-0.3, -0.25) is 4.79 Å². The number of ether oxygens (including phenoxy) is 2. The van der Waals surface area contributed by atoms with E-state index in [-0.39, 0.29) is 18.6 Å². The Kier molecular flexibility index (Phi) is 7.04. The van der Waals surface area contributed by atoms with Gasteiger partial charge in [0.2, 0.25) is 0 Å². The van der Waals surface area contributed by atoms with Crippen LogP contribution >= 0.6 is 11.6 Å². The molecule has 0 saturated carbocycles. The van der Waals surface area contributed by atoms with Gasteiger partial charge in [-0.15, -0.1) is 0 Å². The second-order valence-electron chi connectivity index (χ2n) is 6.10. The van der Waals surface area contributed by atoms with Crippen LogP contribution in [0.25, 0.3) is 11.1 Å². The summed E-state index contributed by atoms with van der Waals surface area (Å²) >= 11 is 6.23. The molecule has 0 fully saturated rings. The SMILES string of the molecule is CC(C)NC(=O)[C@@H](C)OC(=O)COc1ccc(-c2ccccc2)cc1Cl. The Hall–Kier alpha value is -2.53. The molecule has 0 radical (unpaired) electrons. The molecular weight excluding hydrogens is 354 g/mol. The van der Waals surface area contributed by atoms with Gasteiger partial charge in [0.05, 0.1) is 5.02 Å². The lowest BCUT2D eigenvalue weighted by Gasteiger charge is -2.15. The van der Waals surface area contributed by atoms with Crippen molar-refractivity contribution in [2.24, 2.45) is 0 Å². The van der Waals surface area contributed by atoms with Crippen molar-refractivity contribution in [1.82, 2.24) is 5.32 Å². The number of nitrogens with one attached hydrogen (secondary N) is 1. The third kappa shape index (κ3) is 5.77. The Morgan fingerprint density at radius 2 is 1.73 bits per heavy atom. The van der Waals surface area contributed by atoms with Crippen LogP contribution in [0.5, 0.6) is 5.75 Å². The minimum Gasteiger partial charge on any atom is -0.480 e. The molecule has 2 rings (SSSR count). The molecular formula is C20H22ClNO4. The summed E-state index contributed by atoms with van der Waals surface area (Å²) in [7, 11) is 0. The molecule has 0 unspecified atom stereocenters. The summed E-state index contributed by atoms with van der Waals surface area (Å²) in [5.74, 6) is -0.610. The molecule has 1 amide bonds. The molecule has 0 spiro atoms. The number of carbonyl (C=O) groups excluding carboxylic acids is 2. The lowest BCUT2D eigenvalue weighted by Crippen LogP contribution is -2.40. The molecule has 2 aromatic rings. The van der Waals surface area contributed by atoms with Gasteiger partial charge in [0, 0.05) is 6.04 Å². The van der Waals surface area contributed by atoms with Crippen LogP contribution in [0.1, 0.15) is 20.8 Å². The fourth-order valence-corrected chi connectivity index (χ4v) is 2.49. The van der Waals surface area contributed by atoms with Crippen molar-refractivity contribution in [3.05, 3.63) is 53.6 Å². The Balaban J connectivity index is 1.91. The molecule has 26 heavy (non-hydrogen) atoms. The van der Waals surface area contributed by atoms with Crippen LogP contribution in [0, 0.1) is 0 Å². The first-order chi connectivity index (χ1) is 12.4. The number of hydrogen-bond acceptors (Lipinski definition) is 4. The van der Waals surface area contributed by atoms with Crippen molar-refractivity contribution in [2.75, 3.05) is 6.61 Å². The zero-order valence-corrected chi connectivity index (χ0v) is 15.7. The molecule has 0 saturated heterocycles. The molecule has 0 aliphatic carbocycles. The normalized spacial score (nSPS) is 11.7. The van der Waals surface area contributed by atoms with Crippen LogP contribution in [-0.2, 0) is 14.3 Å². The van der Waals surface area contributed by atoms with E-state index in [1.54, 1.807) is 12.1 Å². The summed E-state index contributed by atoms with van der Waals surface area (Å²) in [6.45, 7) is 4.84. The molecule has 2 aromatic carbocycles. The summed E-state index contributed by atoms with van der Waals surface area (Å²) in [5, 5.41) is 3.07. The zero-order valence-electron chi connectivity index (χ0n) is 15.0. The first kappa shape index (κ1) is 19.8. The first-order valence-corrected chi connectivity index (χ1v) is 8.72. The van der Waals surface area contributed by atoms with Gasteiger partial charge in [-0.05, 0) is 44.0 Å². The van der Waals surface area contributed by atoms with Crippen molar-refractivity contribution in [3.63, 3.8) is 0 Å². The molecule has 0 aliphatic heterocycles. The van der Waals surface area contributed by atoms with Crippen LogP contribution in [0.15, 0.2) is 48.5 Å². The quantitative estimate of drug-likeness (QED) is 0.747. The van der Waals surface area contributed by atoms with Crippen LogP contribution in [-0.4, -0.2) is 30.6 Å². The van der Waals surface area contributed by atoms with Crippen molar-refractivity contribution in [1.29, 1.82) is 0 Å². The highest BCUT2D eigenvalue weighted by atomic mass is 35.5. The lowest BCUT2D eigenvalue weighted by atomic mass is 10.1. The van der Waals surface area contributed by atoms with Gasteiger partial charge in [-0.2, -0.15) is 0 Å². The van der Waals surface area contributed by atoms with Gasteiger partial charge in [-0.25, -0.2) is 4.79 Å². The van der Waals surface area contributed by atoms with Crippen molar-refractivity contribution >= 4 is 23.5 Å². The minimum atomic E-state index is -0.885. The van der Waals surface area contributed by atoms with Crippen molar-refractivity contribution in [3.8, 4) is 16.9 Å². The van der Waals surface area contributed by atoms with Gasteiger partial charge in [0.25, 0.3) is 5.91 Å². The number of rotatable bonds is 7. The summed E-state index contributed by atoms with van der Waals surface area (Å²) in [4.78, 5) is 23.6. The Labute approximate surface area is 158 Å². The highest BCUT2D eigenvalue weighted by Crippen LogP contribution is 2.30. The first-order valence-electron chi connectivity index (χ1n) is 8.34. The highest BCUT2D eigenvalue weighted by Gasteiger charge is 2.19. The zero-order chi connectivity index (χ0) is 19.1. The van der Waals surface area contributed by atoms with Crippen LogP contribution in [0.4, 0.5) is 0 Å². The topological polar surface area (TPSA) is 64.6 Å². The molecule has 0 aliphatic rings. The van der Waals surface area contributed by atoms with Crippen LogP contribution < -0.4 is 10.1 Å². The molecule has 1 N–H and O–H groups in total. The molecule has 1 atom stereocenters. The summed E-state index contributed by atoms with van der Waals surface area (Å²) in [6.07, 6.45) is -0.885. The Bertz CT molecular complexity index is 762. The standard InChI is InChI=1S/C20H22ClNO4/c1-13(2)22-20(24)14(3)26-19(23)12-25-18-10-9-16(11-17(18)21)15-7-5-4-6-8-15/h4-11,13-14H,12H2,1-3H3,(H,22,24)/t14-/m1/s1. The third-order valence-electron chi connectivity index (χ3n) is 3.49. The predicted octanol–water partition coefficient (Wildman–Crippen LogP) is 3.84. The van der Waals surface area contributed by atoms with E-state index < -0.39 is 12.1 Å². The molecule has 0 bridgehead atoms. The molecule has 138 valence electrons. The monoisotopic (exact) mass is 375 g/mol. The predicted molar refractivity (Wildman–Crippen MR) is 101 cm³/mol. The van der Waals surface area contributed by atoms with E-state index in [0.29, 0.717) is 10.8 Å². The van der Waals surface area contributed by atoms with E-state index >= 15 is 0 Å². The van der Waals surface area contributed by atoms with E-state index in [1.807, 2.05) is 50.2 Å². The molecule has 0 aromatic heterocycles. The summed E-state index contributed by atoms with van der Waals surface area (Å²) < 4.78 is 10.5. The van der Waals surface area contributed by atoms with E-state index in [0.717, 1.165) is 11.1 Å². The summed E-state index contributed by atoms with van der Waals surface area (Å²) in [6, 6.07) is 15.1. The lowest BCUT2D eigenvalue weighted by molar-refractivity contribution is -0.156. The van der Waals surface area contributed by atoms with Crippen molar-refractivity contribution in [2.45, 2.75) is 32.9 Å². The van der Waals surface area contributed by atoms with Gasteiger partial charge in [0.15, 0.2) is 12.7 Å². The minimum absolute atomic E-state index is 0.0261. The number of halogens is 1. The highest BCUT2D eigenvalue weighted by molar-refractivity contribution is 6.32. The smallest absolute Gasteiger partial charge is 0.344 e. The van der Waals surface area contributed by atoms with Crippen molar-refractivity contribution < 1.29 is 19.1 Å². The van der Waals surface area contributed by atoms with E-state index in [9.17, 15) is 9.59 Å². The fourth-order valence-electron chi connectivity index (χ4n) is 2.25. The number of hydrogen-bond donors (Lipinski definition) is 1. The summed E-state index contributed by atoms with van der Waals surface area (Å²) in [5.41, 5.74) is 1.98. The second kappa shape index (κ2) is 9.25. The number of amides is 1.